The van der Waals surface area contributed by atoms with Crippen molar-refractivity contribution in [2.24, 2.45) is 0 Å². The summed E-state index contributed by atoms with van der Waals surface area (Å²) in [5, 5.41) is 14.3. The number of carbonyl (C=O) groups is 1. The molecule has 1 aromatic rings. The van der Waals surface area contributed by atoms with E-state index < -0.39 is 10.9 Å². The van der Waals surface area contributed by atoms with Crippen molar-refractivity contribution in [1.29, 1.82) is 0 Å². The minimum Gasteiger partial charge on any atom is -0.465 e. The first-order valence-corrected chi connectivity index (χ1v) is 5.29. The standard InChI is InChI=1S/C8H10BrN3O4/c1-3-16-6(13)4-11-5(2)7(9)8(10-11)12(14)15/h3-4H2,1-2H3. The second-order valence-electron chi connectivity index (χ2n) is 2.94. The Hall–Kier alpha value is -1.44. The Bertz CT molecular complexity index is 429. The van der Waals surface area contributed by atoms with Crippen LogP contribution in [0.1, 0.15) is 12.6 Å². The Morgan fingerprint density at radius 1 is 1.69 bits per heavy atom. The van der Waals surface area contributed by atoms with Crippen LogP contribution in [0.5, 0.6) is 0 Å². The summed E-state index contributed by atoms with van der Waals surface area (Å²) in [6, 6.07) is 0. The molecule has 0 fully saturated rings. The van der Waals surface area contributed by atoms with Crippen molar-refractivity contribution in [1.82, 2.24) is 9.78 Å². The first kappa shape index (κ1) is 12.6. The molecule has 0 aliphatic rings. The van der Waals surface area contributed by atoms with Crippen molar-refractivity contribution in [3.63, 3.8) is 0 Å². The number of hydrogen-bond acceptors (Lipinski definition) is 5. The molecule has 0 saturated carbocycles. The second-order valence-corrected chi connectivity index (χ2v) is 3.74. The van der Waals surface area contributed by atoms with Crippen LogP contribution in [0.2, 0.25) is 0 Å². The van der Waals surface area contributed by atoms with Crippen LogP contribution in [0.3, 0.4) is 0 Å². The molecule has 8 heteroatoms. The van der Waals surface area contributed by atoms with Crippen LogP contribution in [0, 0.1) is 17.0 Å². The molecular formula is C8H10BrN3O4. The summed E-state index contributed by atoms with van der Waals surface area (Å²) in [4.78, 5) is 21.2. The number of ether oxygens (including phenoxy) is 1. The molecule has 0 aliphatic carbocycles. The summed E-state index contributed by atoms with van der Waals surface area (Å²) in [5.41, 5.74) is 0.514. The minimum atomic E-state index is -0.612. The summed E-state index contributed by atoms with van der Waals surface area (Å²) in [5.74, 6) is -0.780. The van der Waals surface area contributed by atoms with Gasteiger partial charge in [0.05, 0.1) is 17.4 Å². The molecule has 0 aromatic carbocycles. The van der Waals surface area contributed by atoms with E-state index in [1.54, 1.807) is 13.8 Å². The topological polar surface area (TPSA) is 87.3 Å². The Labute approximate surface area is 99.7 Å². The van der Waals surface area contributed by atoms with Gasteiger partial charge in [-0.1, -0.05) is 0 Å². The Morgan fingerprint density at radius 2 is 2.31 bits per heavy atom. The van der Waals surface area contributed by atoms with Gasteiger partial charge in [-0.25, -0.2) is 4.79 Å². The van der Waals surface area contributed by atoms with Gasteiger partial charge in [0.1, 0.15) is 4.47 Å². The first-order valence-electron chi connectivity index (χ1n) is 4.50. The molecule has 1 heterocycles. The number of halogens is 1. The van der Waals surface area contributed by atoms with Gasteiger partial charge in [0.25, 0.3) is 0 Å². The summed E-state index contributed by atoms with van der Waals surface area (Å²) in [7, 11) is 0. The molecule has 1 rings (SSSR count). The lowest BCUT2D eigenvalue weighted by Gasteiger charge is -2.00. The van der Waals surface area contributed by atoms with Crippen LogP contribution in [0.15, 0.2) is 4.47 Å². The molecule has 7 nitrogen and oxygen atoms in total. The number of nitrogens with zero attached hydrogens (tertiary/aromatic N) is 3. The van der Waals surface area contributed by atoms with E-state index >= 15 is 0 Å². The van der Waals surface area contributed by atoms with Crippen molar-refractivity contribution in [3.05, 3.63) is 20.3 Å². The number of hydrogen-bond donors (Lipinski definition) is 0. The fourth-order valence-corrected chi connectivity index (χ4v) is 1.54. The third-order valence-corrected chi connectivity index (χ3v) is 2.80. The quantitative estimate of drug-likeness (QED) is 0.476. The normalized spacial score (nSPS) is 10.2. The van der Waals surface area contributed by atoms with Gasteiger partial charge in [-0.2, -0.15) is 4.68 Å². The fourth-order valence-electron chi connectivity index (χ4n) is 1.11. The van der Waals surface area contributed by atoms with Crippen LogP contribution in [-0.2, 0) is 16.1 Å². The molecule has 88 valence electrons. The maximum Gasteiger partial charge on any atom is 0.404 e. The van der Waals surface area contributed by atoms with Gasteiger partial charge in [-0.3, -0.25) is 0 Å². The van der Waals surface area contributed by atoms with Crippen LogP contribution in [0.4, 0.5) is 5.82 Å². The van der Waals surface area contributed by atoms with E-state index in [-0.39, 0.29) is 23.4 Å². The van der Waals surface area contributed by atoms with Gasteiger partial charge in [0, 0.05) is 0 Å². The monoisotopic (exact) mass is 291 g/mol. The van der Waals surface area contributed by atoms with Crippen molar-refractivity contribution in [2.45, 2.75) is 20.4 Å². The lowest BCUT2D eigenvalue weighted by molar-refractivity contribution is -0.390. The summed E-state index contributed by atoms with van der Waals surface area (Å²) in [6.45, 7) is 3.45. The Balaban J connectivity index is 2.94. The predicted molar refractivity (Wildman–Crippen MR) is 58.0 cm³/mol. The van der Waals surface area contributed by atoms with E-state index in [1.165, 1.54) is 4.68 Å². The molecule has 0 atom stereocenters. The van der Waals surface area contributed by atoms with Crippen molar-refractivity contribution < 1.29 is 14.5 Å². The van der Waals surface area contributed by atoms with Gasteiger partial charge >= 0.3 is 11.8 Å². The van der Waals surface area contributed by atoms with Gasteiger partial charge in [-0.05, 0) is 34.7 Å². The summed E-state index contributed by atoms with van der Waals surface area (Å²) >= 11 is 3.05. The number of carbonyl (C=O) groups excluding carboxylic acids is 1. The molecule has 0 bridgehead atoms. The summed E-state index contributed by atoms with van der Waals surface area (Å²) in [6.07, 6.45) is 0. The first-order chi connectivity index (χ1) is 7.47. The zero-order valence-corrected chi connectivity index (χ0v) is 10.4. The van der Waals surface area contributed by atoms with Crippen LogP contribution >= 0.6 is 15.9 Å². The molecular weight excluding hydrogens is 282 g/mol. The fraction of sp³-hybridized carbons (Fsp3) is 0.500. The lowest BCUT2D eigenvalue weighted by Crippen LogP contribution is -2.15. The largest absolute Gasteiger partial charge is 0.465 e. The average Bonchev–Trinajstić information content (AvgIpc) is 2.46. The van der Waals surface area contributed by atoms with Crippen molar-refractivity contribution in [3.8, 4) is 0 Å². The smallest absolute Gasteiger partial charge is 0.404 e. The van der Waals surface area contributed by atoms with E-state index in [4.69, 9.17) is 4.74 Å². The summed E-state index contributed by atoms with van der Waals surface area (Å²) < 4.78 is 6.24. The highest BCUT2D eigenvalue weighted by Gasteiger charge is 2.24. The predicted octanol–water partition coefficient (Wildman–Crippen LogP) is 1.43. The molecule has 0 N–H and O–H groups in total. The van der Waals surface area contributed by atoms with Crippen molar-refractivity contribution in [2.75, 3.05) is 6.61 Å². The van der Waals surface area contributed by atoms with E-state index in [9.17, 15) is 14.9 Å². The Kier molecular flexibility index (Phi) is 3.99. The average molecular weight is 292 g/mol. The van der Waals surface area contributed by atoms with Crippen molar-refractivity contribution >= 4 is 27.7 Å². The van der Waals surface area contributed by atoms with E-state index in [2.05, 4.69) is 21.0 Å². The zero-order valence-electron chi connectivity index (χ0n) is 8.77. The SMILES string of the molecule is CCOC(=O)Cn1nc([N+](=O)[O-])c(Br)c1C. The molecule has 0 unspecified atom stereocenters. The maximum atomic E-state index is 11.2. The molecule has 0 amide bonds. The van der Waals surface area contributed by atoms with E-state index in [0.717, 1.165) is 0 Å². The molecule has 0 radical (unpaired) electrons. The maximum absolute atomic E-state index is 11.2. The lowest BCUT2D eigenvalue weighted by atomic mass is 10.4. The molecule has 0 spiro atoms. The third-order valence-electron chi connectivity index (χ3n) is 1.87. The minimum absolute atomic E-state index is 0.133. The van der Waals surface area contributed by atoms with E-state index in [1.807, 2.05) is 0 Å². The number of aromatic nitrogens is 2. The molecule has 16 heavy (non-hydrogen) atoms. The van der Waals surface area contributed by atoms with Gasteiger partial charge in [0.2, 0.25) is 0 Å². The highest BCUT2D eigenvalue weighted by Crippen LogP contribution is 2.26. The van der Waals surface area contributed by atoms with Gasteiger partial charge in [0.15, 0.2) is 6.54 Å². The number of nitro groups is 1. The Morgan fingerprint density at radius 3 is 2.75 bits per heavy atom. The highest BCUT2D eigenvalue weighted by molar-refractivity contribution is 9.10. The van der Waals surface area contributed by atoms with Crippen LogP contribution in [0.25, 0.3) is 0 Å². The number of rotatable bonds is 4. The second kappa shape index (κ2) is 5.06. The molecule has 0 saturated heterocycles. The third kappa shape index (κ3) is 2.57. The zero-order chi connectivity index (χ0) is 12.3. The number of esters is 1. The van der Waals surface area contributed by atoms with Crippen LogP contribution < -0.4 is 0 Å². The van der Waals surface area contributed by atoms with Gasteiger partial charge < -0.3 is 14.9 Å². The van der Waals surface area contributed by atoms with E-state index in [0.29, 0.717) is 5.69 Å². The highest BCUT2D eigenvalue weighted by atomic mass is 79.9. The molecule has 0 aliphatic heterocycles. The molecule has 1 aromatic heterocycles. The van der Waals surface area contributed by atoms with Crippen LogP contribution in [-0.4, -0.2) is 27.3 Å². The van der Waals surface area contributed by atoms with Gasteiger partial charge in [-0.15, -0.1) is 0 Å².